The van der Waals surface area contributed by atoms with Crippen LogP contribution in [0.3, 0.4) is 0 Å². The number of nitro benzene ring substituents is 1. The molecule has 0 fully saturated rings. The Morgan fingerprint density at radius 2 is 2.23 bits per heavy atom. The summed E-state index contributed by atoms with van der Waals surface area (Å²) in [6.45, 7) is 0. The summed E-state index contributed by atoms with van der Waals surface area (Å²) in [5.74, 6) is 0. The third-order valence-corrected chi connectivity index (χ3v) is 2.34. The molecule has 0 atom stereocenters. The quantitative estimate of drug-likeness (QED) is 0.368. The van der Waals surface area contributed by atoms with Gasteiger partial charge in [0.2, 0.25) is 0 Å². The molecule has 0 bridgehead atoms. The summed E-state index contributed by atoms with van der Waals surface area (Å²) in [7, 11) is 0. The van der Waals surface area contributed by atoms with Crippen molar-refractivity contribution in [3.05, 3.63) is 31.4 Å². The van der Waals surface area contributed by atoms with Crippen LogP contribution in [0.5, 0.6) is 0 Å². The minimum Gasteiger partial charge on any atom is -0.397 e. The Bertz CT molecular complexity index is 411. The molecule has 1 aromatic rings. The van der Waals surface area contributed by atoms with Crippen molar-refractivity contribution >= 4 is 34.0 Å². The molecular formula is C7H4IN3O2. The van der Waals surface area contributed by atoms with Crippen LogP contribution in [-0.4, -0.2) is 4.92 Å². The molecule has 2 N–H and O–H groups in total. The first-order chi connectivity index (χ1) is 6.06. The van der Waals surface area contributed by atoms with Crippen LogP contribution in [0.2, 0.25) is 0 Å². The number of nitrogens with two attached hydrogens (primary N) is 1. The topological polar surface area (TPSA) is 92.9 Å². The van der Waals surface area contributed by atoms with Gasteiger partial charge in [0.25, 0.3) is 5.69 Å². The van der Waals surface area contributed by atoms with E-state index in [0.717, 1.165) is 6.07 Å². The van der Waals surface area contributed by atoms with E-state index in [9.17, 15) is 10.1 Å². The maximum absolute atomic E-state index is 10.4. The molecule has 0 radical (unpaired) electrons. The van der Waals surface area contributed by atoms with Gasteiger partial charge in [-0.05, 0) is 22.6 Å². The van der Waals surface area contributed by atoms with Gasteiger partial charge < -0.3 is 5.73 Å². The summed E-state index contributed by atoms with van der Waals surface area (Å²) in [5.41, 5.74) is 5.82. The predicted molar refractivity (Wildman–Crippen MR) is 54.9 cm³/mol. The Balaban J connectivity index is 3.41. The number of halogens is 1. The van der Waals surface area contributed by atoms with Gasteiger partial charge in [0.05, 0.1) is 16.2 Å². The van der Waals surface area contributed by atoms with Crippen molar-refractivity contribution in [3.8, 4) is 6.07 Å². The zero-order chi connectivity index (χ0) is 10.0. The molecule has 1 aromatic carbocycles. The largest absolute Gasteiger partial charge is 0.397 e. The van der Waals surface area contributed by atoms with Crippen LogP contribution >= 0.6 is 22.6 Å². The highest BCUT2D eigenvalue weighted by molar-refractivity contribution is 14.1. The Morgan fingerprint density at radius 3 is 2.69 bits per heavy atom. The van der Waals surface area contributed by atoms with Crippen LogP contribution in [-0.2, 0) is 0 Å². The average Bonchev–Trinajstić information content (AvgIpc) is 2.09. The van der Waals surface area contributed by atoms with Gasteiger partial charge in [-0.15, -0.1) is 0 Å². The SMILES string of the molecule is N#Cc1cc([N+](=O)[O-])cc(I)c1N. The molecule has 0 spiro atoms. The smallest absolute Gasteiger partial charge is 0.271 e. The second-order valence-corrected chi connectivity index (χ2v) is 3.42. The molecule has 13 heavy (non-hydrogen) atoms. The molecular weight excluding hydrogens is 285 g/mol. The van der Waals surface area contributed by atoms with Crippen molar-refractivity contribution in [2.45, 2.75) is 0 Å². The van der Waals surface area contributed by atoms with E-state index in [1.54, 1.807) is 6.07 Å². The molecule has 0 saturated carbocycles. The lowest BCUT2D eigenvalue weighted by Gasteiger charge is -1.99. The molecule has 6 heteroatoms. The molecule has 0 saturated heterocycles. The van der Waals surface area contributed by atoms with E-state index in [1.165, 1.54) is 6.07 Å². The van der Waals surface area contributed by atoms with Gasteiger partial charge >= 0.3 is 0 Å². The molecule has 5 nitrogen and oxygen atoms in total. The van der Waals surface area contributed by atoms with Crippen molar-refractivity contribution in [1.82, 2.24) is 0 Å². The molecule has 0 heterocycles. The minimum absolute atomic E-state index is 0.116. The van der Waals surface area contributed by atoms with Gasteiger partial charge in [0.1, 0.15) is 6.07 Å². The van der Waals surface area contributed by atoms with Gasteiger partial charge in [0.15, 0.2) is 0 Å². The van der Waals surface area contributed by atoms with Crippen LogP contribution in [0.15, 0.2) is 12.1 Å². The number of benzene rings is 1. The molecule has 0 aliphatic heterocycles. The van der Waals surface area contributed by atoms with E-state index >= 15 is 0 Å². The number of nitriles is 1. The number of hydrogen-bond acceptors (Lipinski definition) is 4. The van der Waals surface area contributed by atoms with Crippen LogP contribution < -0.4 is 5.73 Å². The second-order valence-electron chi connectivity index (χ2n) is 2.26. The number of rotatable bonds is 1. The highest BCUT2D eigenvalue weighted by Crippen LogP contribution is 2.25. The van der Waals surface area contributed by atoms with Crippen LogP contribution in [0, 0.1) is 25.0 Å². The van der Waals surface area contributed by atoms with Crippen molar-refractivity contribution in [3.63, 3.8) is 0 Å². The third-order valence-electron chi connectivity index (χ3n) is 1.45. The molecule has 0 unspecified atom stereocenters. The zero-order valence-corrected chi connectivity index (χ0v) is 8.48. The molecule has 0 amide bonds. The first kappa shape index (κ1) is 9.73. The number of non-ortho nitro benzene ring substituents is 1. The monoisotopic (exact) mass is 289 g/mol. The van der Waals surface area contributed by atoms with Gasteiger partial charge in [-0.2, -0.15) is 5.26 Å². The molecule has 1 rings (SSSR count). The van der Waals surface area contributed by atoms with E-state index in [1.807, 2.05) is 22.6 Å². The van der Waals surface area contributed by atoms with E-state index in [-0.39, 0.29) is 16.9 Å². The summed E-state index contributed by atoms with van der Waals surface area (Å²) < 4.78 is 0.517. The zero-order valence-electron chi connectivity index (χ0n) is 6.32. The Kier molecular flexibility index (Phi) is 2.67. The van der Waals surface area contributed by atoms with Crippen LogP contribution in [0.1, 0.15) is 5.56 Å². The van der Waals surface area contributed by atoms with Crippen molar-refractivity contribution < 1.29 is 4.92 Å². The Morgan fingerprint density at radius 1 is 1.62 bits per heavy atom. The van der Waals surface area contributed by atoms with Gasteiger partial charge in [-0.3, -0.25) is 10.1 Å². The lowest BCUT2D eigenvalue weighted by atomic mass is 10.2. The normalized spacial score (nSPS) is 9.23. The predicted octanol–water partition coefficient (Wildman–Crippen LogP) is 1.65. The minimum atomic E-state index is -0.553. The van der Waals surface area contributed by atoms with Gasteiger partial charge in [0, 0.05) is 15.7 Å². The number of nitrogens with zero attached hydrogens (tertiary/aromatic N) is 2. The van der Waals surface area contributed by atoms with Crippen molar-refractivity contribution in [2.75, 3.05) is 5.73 Å². The summed E-state index contributed by atoms with van der Waals surface area (Å²) in [5, 5.41) is 19.0. The number of nitrogen functional groups attached to an aromatic ring is 1. The standard InChI is InChI=1S/C7H4IN3O2/c8-6-2-5(11(12)13)1-4(3-9)7(6)10/h1-2H,10H2. The highest BCUT2D eigenvalue weighted by atomic mass is 127. The third kappa shape index (κ3) is 1.86. The lowest BCUT2D eigenvalue weighted by molar-refractivity contribution is -0.384. The molecule has 0 aromatic heterocycles. The number of anilines is 1. The second kappa shape index (κ2) is 3.57. The first-order valence-corrected chi connectivity index (χ1v) is 4.27. The summed E-state index contributed by atoms with van der Waals surface area (Å²) in [4.78, 5) is 9.83. The molecule has 0 aliphatic carbocycles. The van der Waals surface area contributed by atoms with E-state index in [0.29, 0.717) is 3.57 Å². The van der Waals surface area contributed by atoms with E-state index < -0.39 is 4.92 Å². The fourth-order valence-corrected chi connectivity index (χ4v) is 1.41. The first-order valence-electron chi connectivity index (χ1n) is 3.19. The molecule has 66 valence electrons. The summed E-state index contributed by atoms with van der Waals surface area (Å²) in [6, 6.07) is 4.29. The summed E-state index contributed by atoms with van der Waals surface area (Å²) in [6.07, 6.45) is 0. The number of hydrogen-bond donors (Lipinski definition) is 1. The Hall–Kier alpha value is -1.36. The Labute approximate surface area is 87.4 Å². The van der Waals surface area contributed by atoms with Gasteiger partial charge in [-0.25, -0.2) is 0 Å². The fourth-order valence-electron chi connectivity index (χ4n) is 0.801. The number of nitro groups is 1. The average molecular weight is 289 g/mol. The van der Waals surface area contributed by atoms with Crippen molar-refractivity contribution in [2.24, 2.45) is 0 Å². The maximum atomic E-state index is 10.4. The van der Waals surface area contributed by atoms with Crippen LogP contribution in [0.4, 0.5) is 11.4 Å². The lowest BCUT2D eigenvalue weighted by Crippen LogP contribution is -1.97. The van der Waals surface area contributed by atoms with E-state index in [2.05, 4.69) is 0 Å². The maximum Gasteiger partial charge on any atom is 0.271 e. The van der Waals surface area contributed by atoms with Crippen LogP contribution in [0.25, 0.3) is 0 Å². The summed E-state index contributed by atoms with van der Waals surface area (Å²) >= 11 is 1.85. The van der Waals surface area contributed by atoms with Crippen molar-refractivity contribution in [1.29, 1.82) is 5.26 Å². The molecule has 0 aliphatic rings. The van der Waals surface area contributed by atoms with Gasteiger partial charge in [-0.1, -0.05) is 0 Å². The fraction of sp³-hybridized carbons (Fsp3) is 0. The van der Waals surface area contributed by atoms with E-state index in [4.69, 9.17) is 11.0 Å². The highest BCUT2D eigenvalue weighted by Gasteiger charge is 2.12.